The lowest BCUT2D eigenvalue weighted by Gasteiger charge is -2.19. The summed E-state index contributed by atoms with van der Waals surface area (Å²) in [5.74, 6) is 0.672. The predicted molar refractivity (Wildman–Crippen MR) is 83.2 cm³/mol. The average Bonchev–Trinajstić information content (AvgIpc) is 2.54. The molecule has 0 fully saturated rings. The van der Waals surface area contributed by atoms with Gasteiger partial charge in [0.25, 0.3) is 0 Å². The zero-order chi connectivity index (χ0) is 15.6. The van der Waals surface area contributed by atoms with Crippen molar-refractivity contribution in [1.29, 1.82) is 0 Å². The van der Waals surface area contributed by atoms with Gasteiger partial charge in [0.15, 0.2) is 0 Å². The van der Waals surface area contributed by atoms with Crippen LogP contribution in [0.5, 0.6) is 0 Å². The molecule has 0 aromatic rings. The number of hydrogen-bond acceptors (Lipinski definition) is 4. The Bertz CT molecular complexity index is 246. The molecule has 0 unspecified atom stereocenters. The van der Waals surface area contributed by atoms with E-state index in [1.54, 1.807) is 24.3 Å². The van der Waals surface area contributed by atoms with Gasteiger partial charge in [0.1, 0.15) is 0 Å². The van der Waals surface area contributed by atoms with Crippen molar-refractivity contribution in [1.82, 2.24) is 0 Å². The highest BCUT2D eigenvalue weighted by molar-refractivity contribution is 5.02. The Morgan fingerprint density at radius 3 is 1.35 bits per heavy atom. The standard InChI is InChI=1S/C8H14O2.C6H10O2.C2H4/c9-5-7-1-2-8(6-10)4-3-7;7-5-3-1-2-4-6-8;1-2/h1-2,7-10H,3-6H2;1-4,7-8H,5-6H2;1-2H2/b;3-1+,4-2+;/t7-,8+;;. The Balaban J connectivity index is 0. The zero-order valence-electron chi connectivity index (χ0n) is 12.1. The van der Waals surface area contributed by atoms with Crippen molar-refractivity contribution in [3.8, 4) is 0 Å². The second-order valence-electron chi connectivity index (χ2n) is 4.07. The molecule has 2 atom stereocenters. The minimum atomic E-state index is 0.0514. The van der Waals surface area contributed by atoms with Gasteiger partial charge >= 0.3 is 0 Å². The third-order valence-corrected chi connectivity index (χ3v) is 2.63. The van der Waals surface area contributed by atoms with Crippen LogP contribution in [0.1, 0.15) is 12.8 Å². The molecule has 20 heavy (non-hydrogen) atoms. The fourth-order valence-corrected chi connectivity index (χ4v) is 1.52. The van der Waals surface area contributed by atoms with Crippen molar-refractivity contribution in [3.63, 3.8) is 0 Å². The molecule has 4 heteroatoms. The number of aliphatic hydroxyl groups excluding tert-OH is 4. The first-order chi connectivity index (χ1) is 9.78. The molecule has 0 spiro atoms. The maximum atomic E-state index is 8.74. The lowest BCUT2D eigenvalue weighted by atomic mass is 9.90. The van der Waals surface area contributed by atoms with Crippen LogP contribution in [0.25, 0.3) is 0 Å². The Hall–Kier alpha value is -1.20. The Morgan fingerprint density at radius 1 is 0.800 bits per heavy atom. The molecule has 0 saturated heterocycles. The molecule has 1 aliphatic carbocycles. The molecule has 1 aliphatic rings. The van der Waals surface area contributed by atoms with Gasteiger partial charge in [-0.15, -0.1) is 13.2 Å². The summed E-state index contributed by atoms with van der Waals surface area (Å²) in [4.78, 5) is 0. The Morgan fingerprint density at radius 2 is 1.15 bits per heavy atom. The van der Waals surface area contributed by atoms with E-state index < -0.39 is 0 Å². The van der Waals surface area contributed by atoms with E-state index in [2.05, 4.69) is 13.2 Å². The predicted octanol–water partition coefficient (Wildman–Crippen LogP) is 1.44. The fourth-order valence-electron chi connectivity index (χ4n) is 1.52. The van der Waals surface area contributed by atoms with Crippen molar-refractivity contribution >= 4 is 0 Å². The van der Waals surface area contributed by atoms with Gasteiger partial charge in [-0.2, -0.15) is 0 Å². The lowest BCUT2D eigenvalue weighted by molar-refractivity contribution is 0.206. The summed E-state index contributed by atoms with van der Waals surface area (Å²) >= 11 is 0. The monoisotopic (exact) mass is 284 g/mol. The smallest absolute Gasteiger partial charge is 0.0615 e. The number of rotatable bonds is 5. The van der Waals surface area contributed by atoms with Crippen LogP contribution in [0.15, 0.2) is 49.6 Å². The van der Waals surface area contributed by atoms with Crippen LogP contribution in [-0.2, 0) is 0 Å². The molecule has 0 radical (unpaired) electrons. The van der Waals surface area contributed by atoms with Gasteiger partial charge in [-0.05, 0) is 24.7 Å². The minimum Gasteiger partial charge on any atom is -0.396 e. The van der Waals surface area contributed by atoms with Crippen LogP contribution in [-0.4, -0.2) is 46.9 Å². The number of hydrogen-bond donors (Lipinski definition) is 4. The highest BCUT2D eigenvalue weighted by atomic mass is 16.3. The Labute approximate surface area is 122 Å². The molecule has 116 valence electrons. The number of aliphatic hydroxyl groups is 4. The molecule has 4 N–H and O–H groups in total. The molecule has 0 aromatic heterocycles. The van der Waals surface area contributed by atoms with Crippen molar-refractivity contribution in [2.45, 2.75) is 12.8 Å². The summed E-state index contributed by atoms with van der Waals surface area (Å²) in [7, 11) is 0. The van der Waals surface area contributed by atoms with E-state index >= 15 is 0 Å². The van der Waals surface area contributed by atoms with Crippen LogP contribution in [0, 0.1) is 11.8 Å². The van der Waals surface area contributed by atoms with E-state index in [1.807, 2.05) is 12.2 Å². The normalized spacial score (nSPS) is 21.2. The van der Waals surface area contributed by atoms with Gasteiger partial charge in [0.05, 0.1) is 13.2 Å². The van der Waals surface area contributed by atoms with E-state index in [0.717, 1.165) is 12.8 Å². The highest BCUT2D eigenvalue weighted by Crippen LogP contribution is 2.20. The maximum absolute atomic E-state index is 8.74. The van der Waals surface area contributed by atoms with Gasteiger partial charge < -0.3 is 20.4 Å². The van der Waals surface area contributed by atoms with Crippen molar-refractivity contribution < 1.29 is 20.4 Å². The van der Waals surface area contributed by atoms with Crippen molar-refractivity contribution in [3.05, 3.63) is 49.6 Å². The van der Waals surface area contributed by atoms with Gasteiger partial charge in [-0.25, -0.2) is 0 Å². The van der Waals surface area contributed by atoms with E-state index in [1.165, 1.54) is 0 Å². The van der Waals surface area contributed by atoms with Gasteiger partial charge in [-0.3, -0.25) is 0 Å². The molecule has 1 rings (SSSR count). The molecule has 0 aromatic carbocycles. The topological polar surface area (TPSA) is 80.9 Å². The first-order valence-electron chi connectivity index (χ1n) is 6.71. The SMILES string of the molecule is C=C.OC/C=C/C=C/CO.OC[C@H]1C=C[C@@H](CO)CC1. The largest absolute Gasteiger partial charge is 0.396 e. The first-order valence-corrected chi connectivity index (χ1v) is 6.71. The molecule has 0 heterocycles. The summed E-state index contributed by atoms with van der Waals surface area (Å²) in [5, 5.41) is 33.8. The average molecular weight is 284 g/mol. The van der Waals surface area contributed by atoms with Gasteiger partial charge in [0, 0.05) is 13.2 Å². The third-order valence-electron chi connectivity index (χ3n) is 2.63. The lowest BCUT2D eigenvalue weighted by Crippen LogP contribution is -2.13. The van der Waals surface area contributed by atoms with Crippen LogP contribution in [0.2, 0.25) is 0 Å². The second kappa shape index (κ2) is 17.8. The zero-order valence-corrected chi connectivity index (χ0v) is 12.1. The Kier molecular flexibility index (Phi) is 18.8. The summed E-state index contributed by atoms with van der Waals surface area (Å²) in [6.45, 7) is 6.59. The summed E-state index contributed by atoms with van der Waals surface area (Å²) in [5.41, 5.74) is 0. The van der Waals surface area contributed by atoms with Crippen molar-refractivity contribution in [2.75, 3.05) is 26.4 Å². The summed E-state index contributed by atoms with van der Waals surface area (Å²) < 4.78 is 0. The van der Waals surface area contributed by atoms with Gasteiger partial charge in [0.2, 0.25) is 0 Å². The summed E-state index contributed by atoms with van der Waals surface area (Å²) in [6.07, 6.45) is 12.6. The van der Waals surface area contributed by atoms with Crippen LogP contribution in [0.4, 0.5) is 0 Å². The van der Waals surface area contributed by atoms with Crippen LogP contribution < -0.4 is 0 Å². The molecule has 0 bridgehead atoms. The van der Waals surface area contributed by atoms with Gasteiger partial charge in [-0.1, -0.05) is 36.5 Å². The number of allylic oxidation sites excluding steroid dienone is 2. The molecule has 4 nitrogen and oxygen atoms in total. The highest BCUT2D eigenvalue weighted by Gasteiger charge is 2.13. The van der Waals surface area contributed by atoms with Crippen LogP contribution >= 0.6 is 0 Å². The first kappa shape index (κ1) is 21.1. The maximum Gasteiger partial charge on any atom is 0.0615 e. The van der Waals surface area contributed by atoms with E-state index in [4.69, 9.17) is 20.4 Å². The van der Waals surface area contributed by atoms with E-state index in [9.17, 15) is 0 Å². The van der Waals surface area contributed by atoms with Crippen LogP contribution in [0.3, 0.4) is 0 Å². The summed E-state index contributed by atoms with van der Waals surface area (Å²) in [6, 6.07) is 0. The van der Waals surface area contributed by atoms with E-state index in [0.29, 0.717) is 11.8 Å². The molecule has 0 aliphatic heterocycles. The molecule has 0 amide bonds. The molecule has 0 saturated carbocycles. The third kappa shape index (κ3) is 13.2. The molecular weight excluding hydrogens is 256 g/mol. The second-order valence-corrected chi connectivity index (χ2v) is 4.07. The molecular formula is C16H28O4. The minimum absolute atomic E-state index is 0.0514. The van der Waals surface area contributed by atoms with E-state index in [-0.39, 0.29) is 26.4 Å². The quantitative estimate of drug-likeness (QED) is 0.455. The fraction of sp³-hybridized carbons (Fsp3) is 0.500. The van der Waals surface area contributed by atoms with Crippen molar-refractivity contribution in [2.24, 2.45) is 11.8 Å².